The molecule has 10 heteroatoms. The third kappa shape index (κ3) is 3.45. The van der Waals surface area contributed by atoms with Crippen LogP contribution in [-0.4, -0.2) is 55.8 Å². The van der Waals surface area contributed by atoms with E-state index >= 15 is 0 Å². The fraction of sp³-hybridized carbons (Fsp3) is 0.333. The Balaban J connectivity index is 1.58. The second-order valence-corrected chi connectivity index (χ2v) is 8.53. The number of nitrogens with zero attached hydrogens (tertiary/aromatic N) is 6. The lowest BCUT2D eigenvalue weighted by molar-refractivity contribution is 0.122. The normalized spacial score (nSPS) is 20.3. The van der Waals surface area contributed by atoms with Crippen LogP contribution in [0.1, 0.15) is 42.2 Å². The Morgan fingerprint density at radius 2 is 1.82 bits per heavy atom. The lowest BCUT2D eigenvalue weighted by Crippen LogP contribution is -2.38. The number of anilines is 1. The predicted octanol–water partition coefficient (Wildman–Crippen LogP) is 4.11. The minimum atomic E-state index is -2.78. The Labute approximate surface area is 194 Å². The third-order valence-electron chi connectivity index (χ3n) is 6.42. The van der Waals surface area contributed by atoms with Crippen LogP contribution in [0.5, 0.6) is 0 Å². The van der Waals surface area contributed by atoms with E-state index in [1.54, 1.807) is 24.3 Å². The summed E-state index contributed by atoms with van der Waals surface area (Å²) in [5, 5.41) is 0. The molecule has 1 N–H and O–H groups in total. The molecule has 1 aromatic carbocycles. The largest absolute Gasteiger partial charge is 0.378 e. The highest BCUT2D eigenvalue weighted by molar-refractivity contribution is 5.77. The van der Waals surface area contributed by atoms with Gasteiger partial charge in [0.15, 0.2) is 5.82 Å². The van der Waals surface area contributed by atoms with Crippen molar-refractivity contribution < 1.29 is 13.5 Å². The van der Waals surface area contributed by atoms with Crippen molar-refractivity contribution in [1.29, 1.82) is 0 Å². The number of nitrogens with one attached hydrogen (secondary N) is 1. The summed E-state index contributed by atoms with van der Waals surface area (Å²) in [7, 11) is 0. The molecule has 2 atom stereocenters. The molecule has 1 fully saturated rings. The summed E-state index contributed by atoms with van der Waals surface area (Å²) in [5.74, 6) is 0.740. The maximum Gasteiger partial charge on any atom is 0.296 e. The first-order valence-electron chi connectivity index (χ1n) is 11.3. The molecule has 34 heavy (non-hydrogen) atoms. The summed E-state index contributed by atoms with van der Waals surface area (Å²) in [4.78, 5) is 23.7. The maximum absolute atomic E-state index is 14.1. The van der Waals surface area contributed by atoms with Crippen LogP contribution in [0.15, 0.2) is 42.6 Å². The SMILES string of the molecule is CC1C=Cc2[nH]ccc2C1c1nc(N2CCOCC2)nc(-n2c(C(F)F)nc3ccccc32)n1. The predicted molar refractivity (Wildman–Crippen MR) is 123 cm³/mol. The number of ether oxygens (including phenoxy) is 1. The molecule has 174 valence electrons. The highest BCUT2D eigenvalue weighted by atomic mass is 19.3. The van der Waals surface area contributed by atoms with Crippen LogP contribution in [0, 0.1) is 5.92 Å². The highest BCUT2D eigenvalue weighted by Crippen LogP contribution is 2.38. The van der Waals surface area contributed by atoms with E-state index in [4.69, 9.17) is 14.7 Å². The maximum atomic E-state index is 14.1. The molecule has 4 aromatic rings. The Hall–Kier alpha value is -3.66. The van der Waals surface area contributed by atoms with Gasteiger partial charge in [-0.05, 0) is 35.8 Å². The van der Waals surface area contributed by atoms with Gasteiger partial charge in [-0.1, -0.05) is 25.1 Å². The zero-order chi connectivity index (χ0) is 23.2. The van der Waals surface area contributed by atoms with Gasteiger partial charge in [0.1, 0.15) is 5.82 Å². The van der Waals surface area contributed by atoms with E-state index in [0.29, 0.717) is 49.1 Å². The van der Waals surface area contributed by atoms with E-state index in [1.165, 1.54) is 4.57 Å². The van der Waals surface area contributed by atoms with Gasteiger partial charge >= 0.3 is 0 Å². The molecule has 0 spiro atoms. The number of aromatic amines is 1. The quantitative estimate of drug-likeness (QED) is 0.490. The molecule has 1 aliphatic heterocycles. The summed E-state index contributed by atoms with van der Waals surface area (Å²) in [5.41, 5.74) is 3.07. The third-order valence-corrected chi connectivity index (χ3v) is 6.42. The number of fused-ring (bicyclic) bond motifs is 2. The number of alkyl halides is 2. The van der Waals surface area contributed by atoms with E-state index in [2.05, 4.69) is 34.0 Å². The van der Waals surface area contributed by atoms with Crippen LogP contribution in [-0.2, 0) is 4.74 Å². The van der Waals surface area contributed by atoms with Gasteiger partial charge in [0.2, 0.25) is 11.9 Å². The van der Waals surface area contributed by atoms with Crippen molar-refractivity contribution in [3.05, 3.63) is 65.5 Å². The van der Waals surface area contributed by atoms with Gasteiger partial charge in [-0.25, -0.2) is 13.8 Å². The molecule has 0 bridgehead atoms. The molecular weight excluding hydrogens is 440 g/mol. The van der Waals surface area contributed by atoms with E-state index in [1.807, 2.05) is 17.2 Å². The number of halogens is 2. The van der Waals surface area contributed by atoms with Crippen molar-refractivity contribution in [3.8, 4) is 5.95 Å². The lowest BCUT2D eigenvalue weighted by Gasteiger charge is -2.29. The van der Waals surface area contributed by atoms with Crippen molar-refractivity contribution >= 4 is 23.1 Å². The average molecular weight is 463 g/mol. The summed E-state index contributed by atoms with van der Waals surface area (Å²) >= 11 is 0. The molecular formula is C24H23F2N7O. The second-order valence-electron chi connectivity index (χ2n) is 8.53. The van der Waals surface area contributed by atoms with Gasteiger partial charge in [0.25, 0.3) is 6.43 Å². The first-order chi connectivity index (χ1) is 16.6. The number of H-pyrrole nitrogens is 1. The number of hydrogen-bond donors (Lipinski definition) is 1. The number of hydrogen-bond acceptors (Lipinski definition) is 6. The van der Waals surface area contributed by atoms with E-state index < -0.39 is 6.43 Å². The van der Waals surface area contributed by atoms with Gasteiger partial charge in [0.05, 0.1) is 30.2 Å². The van der Waals surface area contributed by atoms with Crippen LogP contribution < -0.4 is 4.90 Å². The molecule has 6 rings (SSSR count). The van der Waals surface area contributed by atoms with Crippen LogP contribution >= 0.6 is 0 Å². The van der Waals surface area contributed by atoms with Crippen molar-refractivity contribution in [2.45, 2.75) is 19.3 Å². The van der Waals surface area contributed by atoms with Crippen LogP contribution in [0.3, 0.4) is 0 Å². The summed E-state index contributed by atoms with van der Waals surface area (Å²) in [6.07, 6.45) is 3.27. The van der Waals surface area contributed by atoms with Gasteiger partial charge in [0, 0.05) is 25.0 Å². The lowest BCUT2D eigenvalue weighted by atomic mass is 9.82. The van der Waals surface area contributed by atoms with E-state index in [0.717, 1.165) is 11.3 Å². The topological polar surface area (TPSA) is 84.8 Å². The Morgan fingerprint density at radius 1 is 1.03 bits per heavy atom. The zero-order valence-corrected chi connectivity index (χ0v) is 18.5. The monoisotopic (exact) mass is 463 g/mol. The molecule has 4 heterocycles. The van der Waals surface area contributed by atoms with Crippen LogP contribution in [0.25, 0.3) is 23.1 Å². The minimum absolute atomic E-state index is 0.116. The summed E-state index contributed by atoms with van der Waals surface area (Å²) < 4.78 is 35.0. The van der Waals surface area contributed by atoms with Crippen LogP contribution in [0.4, 0.5) is 14.7 Å². The molecule has 0 radical (unpaired) electrons. The molecule has 0 saturated carbocycles. The molecule has 3 aromatic heterocycles. The van der Waals surface area contributed by atoms with Gasteiger partial charge in [-0.2, -0.15) is 15.0 Å². The second kappa shape index (κ2) is 8.28. The molecule has 8 nitrogen and oxygen atoms in total. The molecule has 2 unspecified atom stereocenters. The molecule has 2 aliphatic rings. The fourth-order valence-electron chi connectivity index (χ4n) is 4.74. The standard InChI is InChI=1S/C24H23F2N7O/c1-14-6-7-16-15(8-9-27-16)19(14)21-29-23(32-10-12-34-13-11-32)31-24(30-21)33-18-5-3-2-4-17(18)28-22(33)20(25)26/h2-9,14,19-20,27H,10-13H2,1H3. The number of imidazole rings is 1. The number of rotatable bonds is 4. The van der Waals surface area contributed by atoms with Gasteiger partial charge < -0.3 is 14.6 Å². The first kappa shape index (κ1) is 20.9. The number of para-hydroxylation sites is 2. The molecule has 1 saturated heterocycles. The fourth-order valence-corrected chi connectivity index (χ4v) is 4.74. The molecule has 1 aliphatic carbocycles. The number of benzene rings is 1. The smallest absolute Gasteiger partial charge is 0.296 e. The van der Waals surface area contributed by atoms with E-state index in [-0.39, 0.29) is 23.6 Å². The van der Waals surface area contributed by atoms with Crippen molar-refractivity contribution in [2.75, 3.05) is 31.2 Å². The van der Waals surface area contributed by atoms with Gasteiger partial charge in [-0.15, -0.1) is 0 Å². The van der Waals surface area contributed by atoms with E-state index in [9.17, 15) is 8.78 Å². The number of morpholine rings is 1. The van der Waals surface area contributed by atoms with Crippen LogP contribution in [0.2, 0.25) is 0 Å². The van der Waals surface area contributed by atoms with Gasteiger partial charge in [-0.3, -0.25) is 4.57 Å². The number of allylic oxidation sites excluding steroid dienone is 1. The van der Waals surface area contributed by atoms with Crippen molar-refractivity contribution in [2.24, 2.45) is 5.92 Å². The minimum Gasteiger partial charge on any atom is -0.378 e. The first-order valence-corrected chi connectivity index (χ1v) is 11.3. The average Bonchev–Trinajstić information content (AvgIpc) is 3.49. The number of aromatic nitrogens is 6. The molecule has 0 amide bonds. The zero-order valence-electron chi connectivity index (χ0n) is 18.5. The highest BCUT2D eigenvalue weighted by Gasteiger charge is 2.31. The Morgan fingerprint density at radius 3 is 2.65 bits per heavy atom. The Bertz CT molecular complexity index is 1370. The van der Waals surface area contributed by atoms with Crippen molar-refractivity contribution in [3.63, 3.8) is 0 Å². The Kier molecular flexibility index (Phi) is 5.09. The summed E-state index contributed by atoms with van der Waals surface area (Å²) in [6.45, 7) is 4.44. The summed E-state index contributed by atoms with van der Waals surface area (Å²) in [6, 6.07) is 9.05. The van der Waals surface area contributed by atoms with Crippen molar-refractivity contribution in [1.82, 2.24) is 29.5 Å².